The second-order valence-electron chi connectivity index (χ2n) is 3.24. The number of hydrogen-bond acceptors (Lipinski definition) is 1. The molecule has 1 aliphatic carbocycles. The standard InChI is InChI=1S/C10H13FO2/c1-2-6-10(11)7-4-3-5-8(10)9(12)13/h3-5,7-8H,2,6H2,1H3,(H,12,13). The highest BCUT2D eigenvalue weighted by Gasteiger charge is 2.40. The first-order valence-corrected chi connectivity index (χ1v) is 4.38. The van der Waals surface area contributed by atoms with Crippen LogP contribution < -0.4 is 0 Å². The summed E-state index contributed by atoms with van der Waals surface area (Å²) < 4.78 is 14.0. The first-order chi connectivity index (χ1) is 6.10. The molecular formula is C10H13FO2. The fourth-order valence-corrected chi connectivity index (χ4v) is 1.56. The van der Waals surface area contributed by atoms with Gasteiger partial charge in [0.05, 0.1) is 0 Å². The maximum absolute atomic E-state index is 14.0. The van der Waals surface area contributed by atoms with Gasteiger partial charge in [0.1, 0.15) is 11.6 Å². The topological polar surface area (TPSA) is 37.3 Å². The molecule has 0 saturated heterocycles. The van der Waals surface area contributed by atoms with Crippen molar-refractivity contribution in [2.75, 3.05) is 0 Å². The zero-order valence-corrected chi connectivity index (χ0v) is 7.53. The van der Waals surface area contributed by atoms with Crippen molar-refractivity contribution in [3.8, 4) is 0 Å². The van der Waals surface area contributed by atoms with Gasteiger partial charge in [-0.25, -0.2) is 4.39 Å². The number of allylic oxidation sites excluding steroid dienone is 3. The zero-order chi connectivity index (χ0) is 9.90. The molecule has 0 aromatic carbocycles. The molecule has 1 rings (SSSR count). The molecule has 0 radical (unpaired) electrons. The molecular weight excluding hydrogens is 171 g/mol. The second kappa shape index (κ2) is 3.73. The Labute approximate surface area is 76.8 Å². The molecule has 2 nitrogen and oxygen atoms in total. The molecule has 0 spiro atoms. The second-order valence-corrected chi connectivity index (χ2v) is 3.24. The molecule has 0 fully saturated rings. The normalized spacial score (nSPS) is 32.0. The van der Waals surface area contributed by atoms with Gasteiger partial charge in [-0.2, -0.15) is 0 Å². The van der Waals surface area contributed by atoms with E-state index < -0.39 is 17.6 Å². The Bertz CT molecular complexity index is 258. The molecule has 0 aromatic heterocycles. The van der Waals surface area contributed by atoms with Gasteiger partial charge in [-0.3, -0.25) is 4.79 Å². The highest BCUT2D eigenvalue weighted by molar-refractivity contribution is 5.75. The van der Waals surface area contributed by atoms with E-state index in [4.69, 9.17) is 5.11 Å². The van der Waals surface area contributed by atoms with E-state index >= 15 is 0 Å². The molecule has 0 amide bonds. The van der Waals surface area contributed by atoms with Crippen molar-refractivity contribution in [1.29, 1.82) is 0 Å². The van der Waals surface area contributed by atoms with Crippen LogP contribution in [0.25, 0.3) is 0 Å². The van der Waals surface area contributed by atoms with Crippen molar-refractivity contribution in [1.82, 2.24) is 0 Å². The third kappa shape index (κ3) is 1.97. The van der Waals surface area contributed by atoms with Gasteiger partial charge in [-0.1, -0.05) is 31.6 Å². The van der Waals surface area contributed by atoms with E-state index in [9.17, 15) is 9.18 Å². The number of carbonyl (C=O) groups is 1. The Morgan fingerprint density at radius 2 is 2.31 bits per heavy atom. The Hall–Kier alpha value is -1.12. The number of halogens is 1. The number of aliphatic carboxylic acids is 1. The molecule has 0 bridgehead atoms. The van der Waals surface area contributed by atoms with Crippen LogP contribution in [0.1, 0.15) is 19.8 Å². The van der Waals surface area contributed by atoms with E-state index in [1.807, 2.05) is 6.92 Å². The van der Waals surface area contributed by atoms with Gasteiger partial charge in [0, 0.05) is 0 Å². The van der Waals surface area contributed by atoms with Crippen LogP contribution in [-0.2, 0) is 4.79 Å². The molecule has 0 heterocycles. The number of alkyl halides is 1. The summed E-state index contributed by atoms with van der Waals surface area (Å²) in [5, 5.41) is 8.78. The predicted molar refractivity (Wildman–Crippen MR) is 48.2 cm³/mol. The van der Waals surface area contributed by atoms with Crippen molar-refractivity contribution in [2.45, 2.75) is 25.4 Å². The van der Waals surface area contributed by atoms with Crippen LogP contribution in [0.5, 0.6) is 0 Å². The lowest BCUT2D eigenvalue weighted by Crippen LogP contribution is -2.36. The summed E-state index contributed by atoms with van der Waals surface area (Å²) in [6.07, 6.45) is 6.78. The van der Waals surface area contributed by atoms with Gasteiger partial charge in [0.15, 0.2) is 0 Å². The lowest BCUT2D eigenvalue weighted by Gasteiger charge is -2.27. The van der Waals surface area contributed by atoms with Crippen LogP contribution in [0.3, 0.4) is 0 Å². The van der Waals surface area contributed by atoms with Crippen LogP contribution in [0.15, 0.2) is 24.3 Å². The highest BCUT2D eigenvalue weighted by Crippen LogP contribution is 2.33. The Morgan fingerprint density at radius 3 is 2.85 bits per heavy atom. The average molecular weight is 184 g/mol. The fraction of sp³-hybridized carbons (Fsp3) is 0.500. The molecule has 72 valence electrons. The molecule has 0 aromatic rings. The van der Waals surface area contributed by atoms with Crippen molar-refractivity contribution in [2.24, 2.45) is 5.92 Å². The van der Waals surface area contributed by atoms with Crippen LogP contribution in [-0.4, -0.2) is 16.7 Å². The Morgan fingerprint density at radius 1 is 1.62 bits per heavy atom. The molecule has 2 unspecified atom stereocenters. The van der Waals surface area contributed by atoms with Gasteiger partial charge in [-0.15, -0.1) is 0 Å². The molecule has 2 atom stereocenters. The summed E-state index contributed by atoms with van der Waals surface area (Å²) in [5.41, 5.74) is -1.70. The van der Waals surface area contributed by atoms with Crippen molar-refractivity contribution in [3.05, 3.63) is 24.3 Å². The third-order valence-corrected chi connectivity index (χ3v) is 2.20. The summed E-state index contributed by atoms with van der Waals surface area (Å²) in [7, 11) is 0. The van der Waals surface area contributed by atoms with Crippen molar-refractivity contribution in [3.63, 3.8) is 0 Å². The summed E-state index contributed by atoms with van der Waals surface area (Å²) in [6, 6.07) is 0. The zero-order valence-electron chi connectivity index (χ0n) is 7.53. The maximum Gasteiger partial charge on any atom is 0.313 e. The Balaban J connectivity index is 2.86. The van der Waals surface area contributed by atoms with Crippen LogP contribution in [0.4, 0.5) is 4.39 Å². The maximum atomic E-state index is 14.0. The fourth-order valence-electron chi connectivity index (χ4n) is 1.56. The smallest absolute Gasteiger partial charge is 0.313 e. The van der Waals surface area contributed by atoms with E-state index in [1.165, 1.54) is 12.2 Å². The van der Waals surface area contributed by atoms with Gasteiger partial charge in [0.2, 0.25) is 0 Å². The van der Waals surface area contributed by atoms with Gasteiger partial charge in [-0.05, 0) is 12.5 Å². The first kappa shape index (κ1) is 9.96. The minimum absolute atomic E-state index is 0.255. The van der Waals surface area contributed by atoms with Crippen LogP contribution in [0.2, 0.25) is 0 Å². The van der Waals surface area contributed by atoms with E-state index in [0.717, 1.165) is 0 Å². The van der Waals surface area contributed by atoms with E-state index in [2.05, 4.69) is 0 Å². The molecule has 3 heteroatoms. The lowest BCUT2D eigenvalue weighted by atomic mass is 9.82. The minimum Gasteiger partial charge on any atom is -0.481 e. The predicted octanol–water partition coefficient (Wildman–Crippen LogP) is 2.32. The van der Waals surface area contributed by atoms with Crippen LogP contribution >= 0.6 is 0 Å². The molecule has 0 saturated carbocycles. The van der Waals surface area contributed by atoms with E-state index in [1.54, 1.807) is 12.2 Å². The quantitative estimate of drug-likeness (QED) is 0.730. The number of rotatable bonds is 3. The number of carboxylic acids is 1. The summed E-state index contributed by atoms with van der Waals surface area (Å²) in [4.78, 5) is 10.7. The summed E-state index contributed by atoms with van der Waals surface area (Å²) in [6.45, 7) is 1.84. The van der Waals surface area contributed by atoms with Gasteiger partial charge in [0.25, 0.3) is 0 Å². The number of carboxylic acid groups (broad SMARTS) is 1. The summed E-state index contributed by atoms with van der Waals surface area (Å²) in [5.74, 6) is -2.13. The summed E-state index contributed by atoms with van der Waals surface area (Å²) >= 11 is 0. The Kier molecular flexibility index (Phi) is 2.86. The third-order valence-electron chi connectivity index (χ3n) is 2.20. The SMILES string of the molecule is CCCC1(F)C=CC=CC1C(=O)O. The minimum atomic E-state index is -1.70. The highest BCUT2D eigenvalue weighted by atomic mass is 19.1. The van der Waals surface area contributed by atoms with E-state index in [0.29, 0.717) is 6.42 Å². The van der Waals surface area contributed by atoms with Gasteiger partial charge >= 0.3 is 5.97 Å². The monoisotopic (exact) mass is 184 g/mol. The van der Waals surface area contributed by atoms with Crippen LogP contribution in [0, 0.1) is 5.92 Å². The largest absolute Gasteiger partial charge is 0.481 e. The molecule has 1 aliphatic rings. The molecule has 13 heavy (non-hydrogen) atoms. The van der Waals surface area contributed by atoms with Crippen molar-refractivity contribution < 1.29 is 14.3 Å². The number of hydrogen-bond donors (Lipinski definition) is 1. The van der Waals surface area contributed by atoms with E-state index in [-0.39, 0.29) is 6.42 Å². The van der Waals surface area contributed by atoms with Gasteiger partial charge < -0.3 is 5.11 Å². The average Bonchev–Trinajstić information content (AvgIpc) is 2.04. The molecule has 0 aliphatic heterocycles. The molecule has 1 N–H and O–H groups in total. The van der Waals surface area contributed by atoms with Crippen molar-refractivity contribution >= 4 is 5.97 Å². The lowest BCUT2D eigenvalue weighted by molar-refractivity contribution is -0.143. The first-order valence-electron chi connectivity index (χ1n) is 4.38.